The molecule has 0 aromatic carbocycles. The van der Waals surface area contributed by atoms with Crippen LogP contribution >= 0.6 is 0 Å². The van der Waals surface area contributed by atoms with Crippen LogP contribution in [0.2, 0.25) is 0 Å². The number of esters is 4. The van der Waals surface area contributed by atoms with Crippen molar-refractivity contribution in [2.24, 2.45) is 22.7 Å². The summed E-state index contributed by atoms with van der Waals surface area (Å²) in [6, 6.07) is 0. The van der Waals surface area contributed by atoms with Crippen molar-refractivity contribution in [3.63, 3.8) is 0 Å². The summed E-state index contributed by atoms with van der Waals surface area (Å²) in [5, 5.41) is 0. The molecule has 11 heteroatoms. The number of ether oxygens (including phenoxy) is 6. The number of cyclic esters (lactones) is 1. The molecule has 4 fully saturated rings. The molecule has 0 amide bonds. The van der Waals surface area contributed by atoms with E-state index in [1.807, 2.05) is 6.92 Å². The van der Waals surface area contributed by atoms with E-state index in [1.54, 1.807) is 6.08 Å². The molecule has 0 aromatic heterocycles. The summed E-state index contributed by atoms with van der Waals surface area (Å²) in [6.45, 7) is 5.76. The van der Waals surface area contributed by atoms with Crippen LogP contribution in [0.4, 0.5) is 0 Å². The van der Waals surface area contributed by atoms with Crippen LogP contribution in [0.3, 0.4) is 0 Å². The first kappa shape index (κ1) is 25.6. The molecule has 2 aliphatic carbocycles. The third-order valence-electron chi connectivity index (χ3n) is 8.58. The lowest BCUT2D eigenvalue weighted by atomic mass is 9.44. The molecule has 5 rings (SSSR count). The molecule has 3 aliphatic heterocycles. The Labute approximate surface area is 213 Å². The van der Waals surface area contributed by atoms with E-state index in [0.29, 0.717) is 19.4 Å². The highest BCUT2D eigenvalue weighted by atomic mass is 16.7. The zero-order valence-electron chi connectivity index (χ0n) is 21.1. The van der Waals surface area contributed by atoms with Gasteiger partial charge in [0, 0.05) is 32.8 Å². The number of ketones is 1. The number of fused-ring (bicyclic) bond motifs is 5. The third kappa shape index (κ3) is 3.73. The summed E-state index contributed by atoms with van der Waals surface area (Å²) in [6.07, 6.45) is 3.36. The number of hydrogen-bond donors (Lipinski definition) is 0. The van der Waals surface area contributed by atoms with Gasteiger partial charge in [-0.2, -0.15) is 0 Å². The number of carbonyl (C=O) groups is 5. The lowest BCUT2D eigenvalue weighted by molar-refractivity contribution is -0.193. The lowest BCUT2D eigenvalue weighted by Gasteiger charge is -2.57. The minimum absolute atomic E-state index is 0.147. The van der Waals surface area contributed by atoms with Crippen LogP contribution < -0.4 is 0 Å². The molecule has 3 heterocycles. The first-order chi connectivity index (χ1) is 17.5. The van der Waals surface area contributed by atoms with Crippen molar-refractivity contribution in [3.8, 4) is 0 Å². The summed E-state index contributed by atoms with van der Waals surface area (Å²) in [5.74, 6) is -3.55. The largest absolute Gasteiger partial charge is 0.465 e. The minimum atomic E-state index is -1.21. The van der Waals surface area contributed by atoms with E-state index >= 15 is 0 Å². The topological polar surface area (TPSA) is 144 Å². The average Bonchev–Trinajstić information content (AvgIpc) is 3.44. The third-order valence-corrected chi connectivity index (χ3v) is 8.58. The maximum Gasteiger partial charge on any atom is 0.341 e. The Kier molecular flexibility index (Phi) is 6.06. The van der Waals surface area contributed by atoms with Crippen LogP contribution in [0.1, 0.15) is 47.0 Å². The fourth-order valence-electron chi connectivity index (χ4n) is 6.96. The van der Waals surface area contributed by atoms with Gasteiger partial charge in [0.05, 0.1) is 17.6 Å². The van der Waals surface area contributed by atoms with Crippen molar-refractivity contribution < 1.29 is 52.4 Å². The van der Waals surface area contributed by atoms with Crippen LogP contribution in [0.5, 0.6) is 0 Å². The number of epoxide rings is 1. The van der Waals surface area contributed by atoms with E-state index in [-0.39, 0.29) is 18.0 Å². The van der Waals surface area contributed by atoms with Gasteiger partial charge in [-0.05, 0) is 18.8 Å². The smallest absolute Gasteiger partial charge is 0.341 e. The van der Waals surface area contributed by atoms with E-state index in [0.717, 1.165) is 6.42 Å². The fourth-order valence-corrected chi connectivity index (χ4v) is 6.96. The van der Waals surface area contributed by atoms with Gasteiger partial charge in [-0.3, -0.25) is 19.2 Å². The maximum atomic E-state index is 14.2. The maximum absolute atomic E-state index is 14.2. The second-order valence-electron chi connectivity index (χ2n) is 10.5. The van der Waals surface area contributed by atoms with Crippen molar-refractivity contribution in [1.29, 1.82) is 0 Å². The Morgan fingerprint density at radius 2 is 1.81 bits per heavy atom. The molecule has 11 nitrogen and oxygen atoms in total. The number of rotatable bonds is 6. The summed E-state index contributed by atoms with van der Waals surface area (Å²) in [5.41, 5.74) is -2.92. The molecule has 200 valence electrons. The van der Waals surface area contributed by atoms with E-state index in [1.165, 1.54) is 32.9 Å². The normalized spacial score (nSPS) is 41.7. The molecular weight excluding hydrogens is 488 g/mol. The summed E-state index contributed by atoms with van der Waals surface area (Å²) in [4.78, 5) is 62.0. The molecule has 5 aliphatic rings. The molecule has 0 unspecified atom stereocenters. The Hall–Kier alpha value is -3.05. The van der Waals surface area contributed by atoms with Crippen LogP contribution in [-0.2, 0) is 52.4 Å². The average molecular weight is 519 g/mol. The quantitative estimate of drug-likeness (QED) is 0.287. The molecule has 0 aromatic rings. The molecular formula is C26H30O11. The lowest BCUT2D eigenvalue weighted by Crippen LogP contribution is -2.67. The van der Waals surface area contributed by atoms with E-state index in [9.17, 15) is 24.0 Å². The fraction of sp³-hybridized carbons (Fsp3) is 0.654. The molecule has 0 N–H and O–H groups in total. The Morgan fingerprint density at radius 1 is 1.11 bits per heavy atom. The Bertz CT molecular complexity index is 1120. The standard InChI is InChI=1S/C26H30O11/c1-13-20-21(30)26(12-32-14(2)27)18(6-5-8-24(26)11-33-24)25(13,23(37-20)35-16(4)29)9-7-17-10-19(34-15(3)28)36-22(17)31/h7,9-10,13,18-20,23H,5-6,8,11-12H2,1-4H3/b9-7+/t13-,18-,19-,20+,23+,24+,25-,26+/m1/s1. The van der Waals surface area contributed by atoms with Crippen molar-refractivity contribution >= 4 is 29.7 Å². The number of hydrogen-bond acceptors (Lipinski definition) is 11. The van der Waals surface area contributed by atoms with Crippen LogP contribution in [-0.4, -0.2) is 67.2 Å². The highest BCUT2D eigenvalue weighted by Gasteiger charge is 2.81. The highest BCUT2D eigenvalue weighted by molar-refractivity contribution is 5.95. The monoisotopic (exact) mass is 518 g/mol. The summed E-state index contributed by atoms with van der Waals surface area (Å²) in [7, 11) is 0. The van der Waals surface area contributed by atoms with Gasteiger partial charge in [-0.1, -0.05) is 25.5 Å². The molecule has 2 saturated carbocycles. The molecule has 37 heavy (non-hydrogen) atoms. The van der Waals surface area contributed by atoms with E-state index in [4.69, 9.17) is 28.4 Å². The zero-order valence-corrected chi connectivity index (χ0v) is 21.1. The van der Waals surface area contributed by atoms with Crippen LogP contribution in [0, 0.1) is 22.7 Å². The second kappa shape index (κ2) is 8.76. The van der Waals surface area contributed by atoms with E-state index in [2.05, 4.69) is 0 Å². The number of Topliss-reactive ketones (excluding diaryl/α,β-unsaturated/α-hetero) is 1. The van der Waals surface area contributed by atoms with Crippen LogP contribution in [0.25, 0.3) is 0 Å². The van der Waals surface area contributed by atoms with Gasteiger partial charge in [-0.15, -0.1) is 0 Å². The zero-order chi connectivity index (χ0) is 26.8. The first-order valence-electron chi connectivity index (χ1n) is 12.4. The highest BCUT2D eigenvalue weighted by Crippen LogP contribution is 2.70. The van der Waals surface area contributed by atoms with Crippen molar-refractivity contribution in [3.05, 3.63) is 23.8 Å². The first-order valence-corrected chi connectivity index (χ1v) is 12.4. The van der Waals surface area contributed by atoms with E-state index < -0.39 is 70.8 Å². The van der Waals surface area contributed by atoms with Gasteiger partial charge in [-0.25, -0.2) is 4.79 Å². The Morgan fingerprint density at radius 3 is 2.43 bits per heavy atom. The predicted octanol–water partition coefficient (Wildman–Crippen LogP) is 1.53. The number of carbonyl (C=O) groups excluding carboxylic acids is 5. The molecule has 2 saturated heterocycles. The van der Waals surface area contributed by atoms with Crippen molar-refractivity contribution in [2.45, 2.75) is 71.2 Å². The Balaban J connectivity index is 1.62. The van der Waals surface area contributed by atoms with Crippen molar-refractivity contribution in [2.75, 3.05) is 13.2 Å². The predicted molar refractivity (Wildman–Crippen MR) is 121 cm³/mol. The van der Waals surface area contributed by atoms with Gasteiger partial charge in [0.15, 0.2) is 5.78 Å². The molecule has 8 atom stereocenters. The summed E-state index contributed by atoms with van der Waals surface area (Å²) >= 11 is 0. The van der Waals surface area contributed by atoms with Gasteiger partial charge < -0.3 is 28.4 Å². The van der Waals surface area contributed by atoms with Crippen LogP contribution in [0.15, 0.2) is 23.8 Å². The van der Waals surface area contributed by atoms with Crippen molar-refractivity contribution in [1.82, 2.24) is 0 Å². The van der Waals surface area contributed by atoms with Gasteiger partial charge in [0.25, 0.3) is 6.29 Å². The minimum Gasteiger partial charge on any atom is -0.465 e. The van der Waals surface area contributed by atoms with Gasteiger partial charge in [0.2, 0.25) is 6.29 Å². The molecule has 0 radical (unpaired) electrons. The SMILES string of the molecule is CC(=O)OC[C@@]12C(=O)[C@H]3O[C@H](OC(C)=O)[C@](/C=C/C4=C[C@H](OC(C)=O)OC4=O)([C@@H]3C)[C@H]1CCC[C@]21CO1. The van der Waals surface area contributed by atoms with Gasteiger partial charge in [0.1, 0.15) is 23.7 Å². The summed E-state index contributed by atoms with van der Waals surface area (Å²) < 4.78 is 33.3. The van der Waals surface area contributed by atoms with Gasteiger partial charge >= 0.3 is 23.9 Å². The second-order valence-corrected chi connectivity index (χ2v) is 10.5. The molecule has 2 bridgehead atoms. The molecule has 1 spiro atoms.